The Morgan fingerprint density at radius 2 is 1.68 bits per heavy atom. The minimum atomic E-state index is -0.375. The molecule has 0 saturated carbocycles. The molecule has 0 fully saturated rings. The highest BCUT2D eigenvalue weighted by Gasteiger charge is 2.08. The van der Waals surface area contributed by atoms with Gasteiger partial charge >= 0.3 is 5.69 Å². The van der Waals surface area contributed by atoms with Crippen LogP contribution in [0.15, 0.2) is 15.7 Å². The highest BCUT2D eigenvalue weighted by Crippen LogP contribution is 2.05. The topological polar surface area (TPSA) is 44.0 Å². The molecule has 1 heterocycles. The molecule has 6 heteroatoms. The number of rotatable bonds is 3. The summed E-state index contributed by atoms with van der Waals surface area (Å²) in [5, 5.41) is 0.201. The van der Waals surface area contributed by atoms with E-state index < -0.39 is 0 Å². The lowest BCUT2D eigenvalue weighted by molar-refractivity contribution is 0.488. The first-order chi connectivity index (χ1) is 8.70. The number of hydrogen-bond donors (Lipinski definition) is 0. The zero-order chi connectivity index (χ0) is 15.2. The molecule has 4 nitrogen and oxygen atoms in total. The molecule has 0 saturated heterocycles. The Bertz CT molecular complexity index is 506. The molecule has 0 aromatic carbocycles. The number of alkyl halides is 1. The Kier molecular flexibility index (Phi) is 8.65. The van der Waals surface area contributed by atoms with E-state index >= 15 is 0 Å². The fourth-order valence-corrected chi connectivity index (χ4v) is 1.41. The maximum absolute atomic E-state index is 11.6. The highest BCUT2D eigenvalue weighted by atomic mass is 127. The van der Waals surface area contributed by atoms with Crippen LogP contribution in [-0.2, 0) is 13.6 Å². The van der Waals surface area contributed by atoms with Crippen molar-refractivity contribution >= 4 is 34.2 Å². The first-order valence-electron chi connectivity index (χ1n) is 6.23. The molecule has 110 valence electrons. The van der Waals surface area contributed by atoms with Crippen molar-refractivity contribution < 1.29 is 0 Å². The van der Waals surface area contributed by atoms with Gasteiger partial charge in [0.15, 0.2) is 0 Å². The molecular formula is C13H22ClIN2O2. The molecule has 0 aliphatic rings. The molecule has 1 aromatic heterocycles. The third-order valence-corrected chi connectivity index (χ3v) is 4.28. The molecule has 1 rings (SSSR count). The first kappa shape index (κ1) is 18.7. The summed E-state index contributed by atoms with van der Waals surface area (Å²) in [5.41, 5.74) is -0.740. The molecule has 0 radical (unpaired) electrons. The second-order valence-electron chi connectivity index (χ2n) is 5.20. The lowest BCUT2D eigenvalue weighted by Gasteiger charge is -2.11. The van der Waals surface area contributed by atoms with Gasteiger partial charge in [-0.3, -0.25) is 13.9 Å². The van der Waals surface area contributed by atoms with Crippen LogP contribution in [0.3, 0.4) is 0 Å². The summed E-state index contributed by atoms with van der Waals surface area (Å²) < 4.78 is 3.72. The SMILES string of the molecule is CC(C)CI.CC(C)Cn1c(Cl)cc(=O)n(C)c1=O. The van der Waals surface area contributed by atoms with Gasteiger partial charge in [0, 0.05) is 24.1 Å². The van der Waals surface area contributed by atoms with Gasteiger partial charge in [0.25, 0.3) is 5.56 Å². The normalized spacial score (nSPS) is 10.6. The van der Waals surface area contributed by atoms with Crippen molar-refractivity contribution in [3.63, 3.8) is 0 Å². The Labute approximate surface area is 132 Å². The smallest absolute Gasteiger partial charge is 0.283 e. The van der Waals surface area contributed by atoms with E-state index in [1.165, 1.54) is 22.1 Å². The van der Waals surface area contributed by atoms with Gasteiger partial charge < -0.3 is 0 Å². The summed E-state index contributed by atoms with van der Waals surface area (Å²) in [4.78, 5) is 22.8. The summed E-state index contributed by atoms with van der Waals surface area (Å²) in [5.74, 6) is 1.18. The third kappa shape index (κ3) is 6.61. The van der Waals surface area contributed by atoms with Gasteiger partial charge in [0.05, 0.1) is 0 Å². The second-order valence-corrected chi connectivity index (χ2v) is 6.47. The van der Waals surface area contributed by atoms with Gasteiger partial charge in [-0.1, -0.05) is 61.9 Å². The zero-order valence-corrected chi connectivity index (χ0v) is 15.0. The molecule has 0 amide bonds. The predicted molar refractivity (Wildman–Crippen MR) is 89.5 cm³/mol. The van der Waals surface area contributed by atoms with E-state index in [0.717, 1.165) is 10.5 Å². The Balaban J connectivity index is 0.000000555. The van der Waals surface area contributed by atoms with Crippen LogP contribution in [0, 0.1) is 11.8 Å². The van der Waals surface area contributed by atoms with E-state index in [9.17, 15) is 9.59 Å². The van der Waals surface area contributed by atoms with E-state index in [2.05, 4.69) is 36.4 Å². The monoisotopic (exact) mass is 400 g/mol. The fraction of sp³-hybridized carbons (Fsp3) is 0.692. The van der Waals surface area contributed by atoms with E-state index in [1.807, 2.05) is 13.8 Å². The highest BCUT2D eigenvalue weighted by molar-refractivity contribution is 14.1. The van der Waals surface area contributed by atoms with Crippen molar-refractivity contribution in [3.05, 3.63) is 32.1 Å². The second kappa shape index (κ2) is 8.79. The largest absolute Gasteiger partial charge is 0.331 e. The maximum Gasteiger partial charge on any atom is 0.331 e. The van der Waals surface area contributed by atoms with Gasteiger partial charge in [-0.2, -0.15) is 0 Å². The number of nitrogens with zero attached hydrogens (tertiary/aromatic N) is 2. The van der Waals surface area contributed by atoms with Crippen LogP contribution >= 0.6 is 34.2 Å². The summed E-state index contributed by atoms with van der Waals surface area (Å²) >= 11 is 8.18. The van der Waals surface area contributed by atoms with E-state index in [-0.39, 0.29) is 16.4 Å². The van der Waals surface area contributed by atoms with Crippen LogP contribution in [-0.4, -0.2) is 13.6 Å². The maximum atomic E-state index is 11.6. The van der Waals surface area contributed by atoms with Gasteiger partial charge in [-0.25, -0.2) is 4.79 Å². The van der Waals surface area contributed by atoms with Crippen LogP contribution in [0.2, 0.25) is 5.15 Å². The number of aromatic nitrogens is 2. The molecular weight excluding hydrogens is 379 g/mol. The average Bonchev–Trinajstić information content (AvgIpc) is 2.32. The van der Waals surface area contributed by atoms with Crippen molar-refractivity contribution in [2.45, 2.75) is 34.2 Å². The predicted octanol–water partition coefficient (Wildman–Crippen LogP) is 2.93. The van der Waals surface area contributed by atoms with Gasteiger partial charge in [0.1, 0.15) is 5.15 Å². The molecule has 0 N–H and O–H groups in total. The quantitative estimate of drug-likeness (QED) is 0.445. The van der Waals surface area contributed by atoms with Gasteiger partial charge in [0.2, 0.25) is 0 Å². The van der Waals surface area contributed by atoms with Crippen molar-refractivity contribution in [1.82, 2.24) is 9.13 Å². The Hall–Kier alpha value is -0.300. The molecule has 0 bridgehead atoms. The Morgan fingerprint density at radius 3 is 2.05 bits per heavy atom. The minimum absolute atomic E-state index is 0.201. The third-order valence-electron chi connectivity index (χ3n) is 2.21. The summed E-state index contributed by atoms with van der Waals surface area (Å²) in [7, 11) is 1.44. The molecule has 0 aliphatic heterocycles. The van der Waals surface area contributed by atoms with Gasteiger partial charge in [-0.05, 0) is 11.8 Å². The Morgan fingerprint density at radius 1 is 1.21 bits per heavy atom. The average molecular weight is 401 g/mol. The summed E-state index contributed by atoms with van der Waals surface area (Å²) in [6.45, 7) is 8.91. The van der Waals surface area contributed by atoms with Gasteiger partial charge in [-0.15, -0.1) is 0 Å². The van der Waals surface area contributed by atoms with E-state index in [0.29, 0.717) is 12.5 Å². The fourth-order valence-electron chi connectivity index (χ4n) is 1.17. The van der Waals surface area contributed by atoms with Crippen molar-refractivity contribution in [2.75, 3.05) is 4.43 Å². The van der Waals surface area contributed by atoms with Crippen LogP contribution in [0.1, 0.15) is 27.7 Å². The lowest BCUT2D eigenvalue weighted by Crippen LogP contribution is -2.38. The minimum Gasteiger partial charge on any atom is -0.283 e. The molecule has 1 aromatic rings. The van der Waals surface area contributed by atoms with Crippen LogP contribution < -0.4 is 11.2 Å². The summed E-state index contributed by atoms with van der Waals surface area (Å²) in [6, 6.07) is 1.26. The van der Waals surface area contributed by atoms with Crippen LogP contribution in [0.5, 0.6) is 0 Å². The first-order valence-corrected chi connectivity index (χ1v) is 8.13. The summed E-state index contributed by atoms with van der Waals surface area (Å²) in [6.07, 6.45) is 0. The number of halogens is 2. The lowest BCUT2D eigenvalue weighted by atomic mass is 10.2. The molecule has 0 spiro atoms. The van der Waals surface area contributed by atoms with Crippen molar-refractivity contribution in [2.24, 2.45) is 18.9 Å². The van der Waals surface area contributed by atoms with E-state index in [1.54, 1.807) is 0 Å². The van der Waals surface area contributed by atoms with Crippen LogP contribution in [0.25, 0.3) is 0 Å². The molecule has 19 heavy (non-hydrogen) atoms. The van der Waals surface area contributed by atoms with Crippen molar-refractivity contribution in [3.8, 4) is 0 Å². The van der Waals surface area contributed by atoms with Crippen molar-refractivity contribution in [1.29, 1.82) is 0 Å². The van der Waals surface area contributed by atoms with Crippen LogP contribution in [0.4, 0.5) is 0 Å². The van der Waals surface area contributed by atoms with E-state index in [4.69, 9.17) is 11.6 Å². The standard InChI is InChI=1S/C9H13ClN2O2.C4H9I/c1-6(2)5-12-7(10)4-8(13)11(3)9(12)14;1-4(2)3-5/h4,6H,5H2,1-3H3;4H,3H2,1-2H3. The molecule has 0 atom stereocenters. The number of hydrogen-bond acceptors (Lipinski definition) is 2. The zero-order valence-electron chi connectivity index (χ0n) is 12.1. The molecule has 0 unspecified atom stereocenters. The molecule has 0 aliphatic carbocycles.